The van der Waals surface area contributed by atoms with E-state index in [1.165, 1.54) is 30.7 Å². The van der Waals surface area contributed by atoms with E-state index in [2.05, 4.69) is 39.8 Å². The van der Waals surface area contributed by atoms with Gasteiger partial charge in [0.05, 0.1) is 26.2 Å². The van der Waals surface area contributed by atoms with Crippen molar-refractivity contribution in [3.63, 3.8) is 0 Å². The summed E-state index contributed by atoms with van der Waals surface area (Å²) < 4.78 is 1.28. The summed E-state index contributed by atoms with van der Waals surface area (Å²) >= 11 is 0. The molecule has 1 nitrogen and oxygen atoms in total. The fourth-order valence-electron chi connectivity index (χ4n) is 1.94. The van der Waals surface area contributed by atoms with Gasteiger partial charge in [-0.05, 0) is 27.7 Å². The average Bonchev–Trinajstić information content (AvgIpc) is 2.58. The first kappa shape index (κ1) is 16.9. The van der Waals surface area contributed by atoms with Crippen molar-refractivity contribution in [2.24, 2.45) is 0 Å². The smallest absolute Gasteiger partial charge is 0.0757 e. The maximum Gasteiger partial charge on any atom is 0.0757 e. The first-order valence-corrected chi connectivity index (χ1v) is 7.14. The third-order valence-corrected chi connectivity index (χ3v) is 3.71. The molecule has 0 fully saturated rings. The molecule has 0 saturated heterocycles. The quantitative estimate of drug-likeness (QED) is 0.513. The second-order valence-electron chi connectivity index (χ2n) is 4.38. The van der Waals surface area contributed by atoms with Crippen LogP contribution in [0.1, 0.15) is 34.1 Å². The SMILES string of the molecule is CC[N+](CC)(CC)CC.[C-]1=CC=CC=CC=CC1. The summed E-state index contributed by atoms with van der Waals surface area (Å²) in [6, 6.07) is 0. The van der Waals surface area contributed by atoms with Crippen molar-refractivity contribution in [2.75, 3.05) is 26.2 Å². The fourth-order valence-corrected chi connectivity index (χ4v) is 1.94. The number of quaternary nitrogens is 1. The topological polar surface area (TPSA) is 0 Å². The van der Waals surface area contributed by atoms with E-state index in [1.807, 2.05) is 36.5 Å². The summed E-state index contributed by atoms with van der Waals surface area (Å²) in [6.07, 6.45) is 18.0. The van der Waals surface area contributed by atoms with E-state index in [-0.39, 0.29) is 0 Å². The molecule has 0 radical (unpaired) electrons. The number of rotatable bonds is 4. The molecule has 102 valence electrons. The standard InChI is InChI=1S/C9H9.C8H20N/c1-2-4-6-8-9-7-5-3-1;1-5-9(6-2,7-3)8-4/h1-7H,8H2;5-8H2,1-4H3/q-1;+1. The summed E-state index contributed by atoms with van der Waals surface area (Å²) in [5.74, 6) is 0. The van der Waals surface area contributed by atoms with Gasteiger partial charge in [0.1, 0.15) is 0 Å². The normalized spacial score (nSPS) is 14.4. The lowest BCUT2D eigenvalue weighted by atomic mass is 10.3. The first-order chi connectivity index (χ1) is 8.74. The van der Waals surface area contributed by atoms with Gasteiger partial charge in [0.15, 0.2) is 0 Å². The van der Waals surface area contributed by atoms with Crippen molar-refractivity contribution in [3.8, 4) is 0 Å². The van der Waals surface area contributed by atoms with E-state index in [4.69, 9.17) is 0 Å². The molecule has 1 heteroatoms. The maximum atomic E-state index is 3.09. The van der Waals surface area contributed by atoms with Gasteiger partial charge in [0.2, 0.25) is 0 Å². The second kappa shape index (κ2) is 11.0. The Morgan fingerprint density at radius 2 is 1.28 bits per heavy atom. The molecule has 0 aromatic carbocycles. The maximum absolute atomic E-state index is 3.09. The molecule has 1 aliphatic carbocycles. The number of hydrogen-bond acceptors (Lipinski definition) is 0. The molecule has 18 heavy (non-hydrogen) atoms. The molecule has 0 aromatic rings. The molecule has 1 rings (SSSR count). The van der Waals surface area contributed by atoms with Crippen LogP contribution < -0.4 is 0 Å². The summed E-state index contributed by atoms with van der Waals surface area (Å²) in [6.45, 7) is 14.2. The van der Waals surface area contributed by atoms with Crippen LogP contribution in [0.25, 0.3) is 0 Å². The Morgan fingerprint density at radius 3 is 1.78 bits per heavy atom. The van der Waals surface area contributed by atoms with Crippen LogP contribution in [0, 0.1) is 6.08 Å². The predicted octanol–water partition coefficient (Wildman–Crippen LogP) is 4.30. The van der Waals surface area contributed by atoms with E-state index in [0.29, 0.717) is 0 Å². The Labute approximate surface area is 114 Å². The second-order valence-corrected chi connectivity index (χ2v) is 4.38. The van der Waals surface area contributed by atoms with Gasteiger partial charge in [0.25, 0.3) is 0 Å². The van der Waals surface area contributed by atoms with Gasteiger partial charge in [-0.25, -0.2) is 12.2 Å². The van der Waals surface area contributed by atoms with Gasteiger partial charge in [-0.2, -0.15) is 0 Å². The van der Waals surface area contributed by atoms with E-state index < -0.39 is 0 Å². The Balaban J connectivity index is 0.000000321. The van der Waals surface area contributed by atoms with Crippen molar-refractivity contribution in [2.45, 2.75) is 34.1 Å². The molecular weight excluding hydrogens is 218 g/mol. The van der Waals surface area contributed by atoms with Crippen LogP contribution in [0.15, 0.2) is 42.5 Å². The summed E-state index contributed by atoms with van der Waals surface area (Å²) in [4.78, 5) is 0. The average molecular weight is 247 g/mol. The largest absolute Gasteiger partial charge is 0.325 e. The van der Waals surface area contributed by atoms with Crippen molar-refractivity contribution >= 4 is 0 Å². The molecule has 0 N–H and O–H groups in total. The molecule has 1 aliphatic rings. The number of nitrogens with zero attached hydrogens (tertiary/aromatic N) is 1. The Morgan fingerprint density at radius 1 is 0.778 bits per heavy atom. The zero-order chi connectivity index (χ0) is 13.7. The van der Waals surface area contributed by atoms with E-state index in [9.17, 15) is 0 Å². The van der Waals surface area contributed by atoms with Gasteiger partial charge in [-0.15, -0.1) is 6.08 Å². The minimum atomic E-state index is 0.911. The molecule has 0 saturated carbocycles. The third kappa shape index (κ3) is 7.29. The number of allylic oxidation sites excluding steroid dienone is 8. The predicted molar refractivity (Wildman–Crippen MR) is 82.3 cm³/mol. The van der Waals surface area contributed by atoms with Gasteiger partial charge in [-0.3, -0.25) is 6.08 Å². The van der Waals surface area contributed by atoms with Crippen molar-refractivity contribution in [1.82, 2.24) is 0 Å². The zero-order valence-electron chi connectivity index (χ0n) is 12.5. The van der Waals surface area contributed by atoms with E-state index in [0.717, 1.165) is 6.42 Å². The molecule has 0 atom stereocenters. The lowest BCUT2D eigenvalue weighted by Gasteiger charge is -2.34. The molecular formula is C17H29N. The highest BCUT2D eigenvalue weighted by Crippen LogP contribution is 2.03. The summed E-state index contributed by atoms with van der Waals surface area (Å²) in [7, 11) is 0. The molecule has 0 aromatic heterocycles. The van der Waals surface area contributed by atoms with Crippen LogP contribution in [-0.2, 0) is 0 Å². The lowest BCUT2D eigenvalue weighted by molar-refractivity contribution is -0.921. The molecule has 0 bridgehead atoms. The van der Waals surface area contributed by atoms with Crippen LogP contribution >= 0.6 is 0 Å². The van der Waals surface area contributed by atoms with Gasteiger partial charge >= 0.3 is 0 Å². The summed E-state index contributed by atoms with van der Waals surface area (Å²) in [5.41, 5.74) is 0. The molecule has 0 heterocycles. The zero-order valence-corrected chi connectivity index (χ0v) is 12.5. The lowest BCUT2D eigenvalue weighted by Crippen LogP contribution is -2.47. The Kier molecular flexibility index (Phi) is 10.4. The first-order valence-electron chi connectivity index (χ1n) is 7.14. The highest BCUT2D eigenvalue weighted by Gasteiger charge is 2.16. The van der Waals surface area contributed by atoms with Crippen LogP contribution in [0.2, 0.25) is 0 Å². The minimum absolute atomic E-state index is 0.911. The van der Waals surface area contributed by atoms with Crippen LogP contribution in [0.5, 0.6) is 0 Å². The number of hydrogen-bond donors (Lipinski definition) is 0. The van der Waals surface area contributed by atoms with Crippen LogP contribution in [0.4, 0.5) is 0 Å². The molecule has 0 unspecified atom stereocenters. The minimum Gasteiger partial charge on any atom is -0.325 e. The molecule has 0 amide bonds. The van der Waals surface area contributed by atoms with E-state index in [1.54, 1.807) is 0 Å². The van der Waals surface area contributed by atoms with Crippen molar-refractivity contribution < 1.29 is 4.48 Å². The molecule has 0 aliphatic heterocycles. The summed E-state index contributed by atoms with van der Waals surface area (Å²) in [5, 5.41) is 0. The van der Waals surface area contributed by atoms with Crippen molar-refractivity contribution in [3.05, 3.63) is 48.6 Å². The van der Waals surface area contributed by atoms with Crippen LogP contribution in [-0.4, -0.2) is 30.7 Å². The van der Waals surface area contributed by atoms with Crippen molar-refractivity contribution in [1.29, 1.82) is 0 Å². The van der Waals surface area contributed by atoms with E-state index >= 15 is 0 Å². The Hall–Kier alpha value is -1.08. The molecule has 0 spiro atoms. The van der Waals surface area contributed by atoms with Crippen LogP contribution in [0.3, 0.4) is 0 Å². The third-order valence-electron chi connectivity index (χ3n) is 3.71. The highest BCUT2D eigenvalue weighted by molar-refractivity contribution is 5.16. The van der Waals surface area contributed by atoms with Gasteiger partial charge in [-0.1, -0.05) is 30.7 Å². The fraction of sp³-hybridized carbons (Fsp3) is 0.529. The van der Waals surface area contributed by atoms with Gasteiger partial charge in [0, 0.05) is 0 Å². The highest BCUT2D eigenvalue weighted by atomic mass is 15.3. The monoisotopic (exact) mass is 247 g/mol. The Bertz CT molecular complexity index is 253. The van der Waals surface area contributed by atoms with Gasteiger partial charge < -0.3 is 4.48 Å².